The lowest BCUT2D eigenvalue weighted by Crippen LogP contribution is -2.37. The van der Waals surface area contributed by atoms with Crippen LogP contribution in [0.25, 0.3) is 0 Å². The van der Waals surface area contributed by atoms with Crippen molar-refractivity contribution in [1.29, 1.82) is 0 Å². The quantitative estimate of drug-likeness (QED) is 0.834. The van der Waals surface area contributed by atoms with Crippen LogP contribution in [0.3, 0.4) is 0 Å². The highest BCUT2D eigenvalue weighted by Gasteiger charge is 2.43. The molecular weight excluding hydrogens is 269 g/mol. The molecule has 0 aliphatic heterocycles. The van der Waals surface area contributed by atoms with Crippen molar-refractivity contribution in [2.24, 2.45) is 17.8 Å². The molecule has 0 heterocycles. The molecule has 3 rings (SSSR count). The molecule has 2 saturated carbocycles. The lowest BCUT2D eigenvalue weighted by molar-refractivity contribution is -0.136. The molecule has 4 heteroatoms. The standard InChI is InChI=1S/C17H22FNO2/c1-19(8-9-21-16-5-3-2-4-15(16)18)17(20)14-11-12-6-7-13(14)10-12/h2-5,12-14H,6-11H2,1H3. The lowest BCUT2D eigenvalue weighted by Gasteiger charge is -2.26. The van der Waals surface area contributed by atoms with Gasteiger partial charge in [-0.25, -0.2) is 4.39 Å². The number of benzene rings is 1. The SMILES string of the molecule is CN(CCOc1ccccc1F)C(=O)C1CC2CCC1C2. The minimum Gasteiger partial charge on any atom is -0.489 e. The molecule has 0 saturated heterocycles. The Kier molecular flexibility index (Phi) is 4.13. The van der Waals surface area contributed by atoms with E-state index >= 15 is 0 Å². The van der Waals surface area contributed by atoms with Crippen LogP contribution in [0.2, 0.25) is 0 Å². The van der Waals surface area contributed by atoms with Gasteiger partial charge in [0.2, 0.25) is 5.91 Å². The average molecular weight is 291 g/mol. The molecule has 0 N–H and O–H groups in total. The van der Waals surface area contributed by atoms with Crippen molar-refractivity contribution in [1.82, 2.24) is 4.90 Å². The fourth-order valence-electron chi connectivity index (χ4n) is 3.79. The van der Waals surface area contributed by atoms with Crippen molar-refractivity contribution >= 4 is 5.91 Å². The van der Waals surface area contributed by atoms with Gasteiger partial charge in [0, 0.05) is 13.0 Å². The summed E-state index contributed by atoms with van der Waals surface area (Å²) in [6, 6.07) is 6.35. The number of ether oxygens (including phenoxy) is 1. The number of amides is 1. The van der Waals surface area contributed by atoms with E-state index in [-0.39, 0.29) is 23.4 Å². The minimum absolute atomic E-state index is 0.210. The van der Waals surface area contributed by atoms with Gasteiger partial charge in [-0.2, -0.15) is 0 Å². The second kappa shape index (κ2) is 6.04. The van der Waals surface area contributed by atoms with Crippen LogP contribution >= 0.6 is 0 Å². The summed E-state index contributed by atoms with van der Waals surface area (Å²) in [6.45, 7) is 0.824. The van der Waals surface area contributed by atoms with Gasteiger partial charge >= 0.3 is 0 Å². The molecule has 2 aliphatic rings. The Morgan fingerprint density at radius 2 is 2.14 bits per heavy atom. The van der Waals surface area contributed by atoms with Crippen molar-refractivity contribution in [3.05, 3.63) is 30.1 Å². The van der Waals surface area contributed by atoms with Crippen molar-refractivity contribution in [2.45, 2.75) is 25.7 Å². The lowest BCUT2D eigenvalue weighted by atomic mass is 9.88. The highest BCUT2D eigenvalue weighted by atomic mass is 19.1. The summed E-state index contributed by atoms with van der Waals surface area (Å²) in [4.78, 5) is 14.2. The summed E-state index contributed by atoms with van der Waals surface area (Å²) < 4.78 is 18.8. The maximum absolute atomic E-state index is 13.4. The number of halogens is 1. The summed E-state index contributed by atoms with van der Waals surface area (Å²) >= 11 is 0. The number of hydrogen-bond donors (Lipinski definition) is 0. The van der Waals surface area contributed by atoms with E-state index in [4.69, 9.17) is 4.74 Å². The van der Waals surface area contributed by atoms with Gasteiger partial charge in [-0.15, -0.1) is 0 Å². The molecule has 3 unspecified atom stereocenters. The summed E-state index contributed by atoms with van der Waals surface area (Å²) in [5, 5.41) is 0. The van der Waals surface area contributed by atoms with Gasteiger partial charge in [-0.1, -0.05) is 18.6 Å². The van der Waals surface area contributed by atoms with E-state index in [2.05, 4.69) is 0 Å². The van der Waals surface area contributed by atoms with E-state index in [1.54, 1.807) is 23.1 Å². The van der Waals surface area contributed by atoms with Gasteiger partial charge in [-0.05, 0) is 43.2 Å². The second-order valence-corrected chi connectivity index (χ2v) is 6.32. The third kappa shape index (κ3) is 3.04. The van der Waals surface area contributed by atoms with E-state index in [1.807, 2.05) is 7.05 Å². The number of likely N-dealkylation sites (N-methyl/N-ethyl adjacent to an activating group) is 1. The fourth-order valence-corrected chi connectivity index (χ4v) is 3.79. The highest BCUT2D eigenvalue weighted by Crippen LogP contribution is 2.48. The topological polar surface area (TPSA) is 29.5 Å². The van der Waals surface area contributed by atoms with E-state index in [9.17, 15) is 9.18 Å². The zero-order chi connectivity index (χ0) is 14.8. The van der Waals surface area contributed by atoms with Crippen LogP contribution in [0.1, 0.15) is 25.7 Å². The molecule has 2 bridgehead atoms. The number of fused-ring (bicyclic) bond motifs is 2. The Morgan fingerprint density at radius 1 is 1.33 bits per heavy atom. The first-order valence-electron chi connectivity index (χ1n) is 7.77. The summed E-state index contributed by atoms with van der Waals surface area (Å²) in [5.74, 6) is 1.70. The Hall–Kier alpha value is -1.58. The first-order valence-corrected chi connectivity index (χ1v) is 7.77. The summed E-state index contributed by atoms with van der Waals surface area (Å²) in [7, 11) is 1.82. The number of rotatable bonds is 5. The predicted octanol–water partition coefficient (Wildman–Crippen LogP) is 3.10. The van der Waals surface area contributed by atoms with Crippen LogP contribution in [-0.4, -0.2) is 31.0 Å². The Labute approximate surface area is 125 Å². The molecular formula is C17H22FNO2. The van der Waals surface area contributed by atoms with Gasteiger partial charge in [0.25, 0.3) is 0 Å². The largest absolute Gasteiger partial charge is 0.489 e. The minimum atomic E-state index is -0.361. The van der Waals surface area contributed by atoms with Crippen LogP contribution in [0.4, 0.5) is 4.39 Å². The molecule has 21 heavy (non-hydrogen) atoms. The molecule has 1 aromatic rings. The highest BCUT2D eigenvalue weighted by molar-refractivity contribution is 5.79. The van der Waals surface area contributed by atoms with Gasteiger partial charge in [0.1, 0.15) is 6.61 Å². The fraction of sp³-hybridized carbons (Fsp3) is 0.588. The monoisotopic (exact) mass is 291 g/mol. The molecule has 2 fully saturated rings. The molecule has 0 radical (unpaired) electrons. The Bertz CT molecular complexity index is 519. The molecule has 3 nitrogen and oxygen atoms in total. The van der Waals surface area contributed by atoms with E-state index < -0.39 is 0 Å². The van der Waals surface area contributed by atoms with Crippen LogP contribution < -0.4 is 4.74 Å². The van der Waals surface area contributed by atoms with E-state index in [1.165, 1.54) is 25.3 Å². The number of carbonyl (C=O) groups excluding carboxylic acids is 1. The van der Waals surface area contributed by atoms with Gasteiger partial charge in [-0.3, -0.25) is 4.79 Å². The van der Waals surface area contributed by atoms with Gasteiger partial charge < -0.3 is 9.64 Å². The summed E-state index contributed by atoms with van der Waals surface area (Å²) in [6.07, 6.45) is 4.80. The first-order chi connectivity index (χ1) is 10.1. The number of carbonyl (C=O) groups is 1. The van der Waals surface area contributed by atoms with Crippen molar-refractivity contribution in [3.63, 3.8) is 0 Å². The zero-order valence-corrected chi connectivity index (χ0v) is 12.4. The predicted molar refractivity (Wildman–Crippen MR) is 78.5 cm³/mol. The van der Waals surface area contributed by atoms with Crippen LogP contribution in [0.5, 0.6) is 5.75 Å². The van der Waals surface area contributed by atoms with Crippen LogP contribution in [0, 0.1) is 23.6 Å². The van der Waals surface area contributed by atoms with Crippen molar-refractivity contribution in [2.75, 3.05) is 20.2 Å². The Morgan fingerprint density at radius 3 is 2.81 bits per heavy atom. The first kappa shape index (κ1) is 14.4. The normalized spacial score (nSPS) is 26.9. The number of para-hydroxylation sites is 1. The second-order valence-electron chi connectivity index (χ2n) is 6.32. The van der Waals surface area contributed by atoms with Crippen molar-refractivity contribution in [3.8, 4) is 5.75 Å². The molecule has 0 aromatic heterocycles. The Balaban J connectivity index is 1.47. The van der Waals surface area contributed by atoms with Crippen LogP contribution in [0.15, 0.2) is 24.3 Å². The molecule has 114 valence electrons. The van der Waals surface area contributed by atoms with Gasteiger partial charge in [0.15, 0.2) is 11.6 Å². The average Bonchev–Trinajstić information content (AvgIpc) is 3.11. The molecule has 0 spiro atoms. The zero-order valence-electron chi connectivity index (χ0n) is 12.4. The van der Waals surface area contributed by atoms with Gasteiger partial charge in [0.05, 0.1) is 6.54 Å². The van der Waals surface area contributed by atoms with E-state index in [0.29, 0.717) is 19.1 Å². The van der Waals surface area contributed by atoms with E-state index in [0.717, 1.165) is 12.3 Å². The molecule has 2 aliphatic carbocycles. The van der Waals surface area contributed by atoms with Crippen molar-refractivity contribution < 1.29 is 13.9 Å². The third-order valence-corrected chi connectivity index (χ3v) is 4.95. The third-order valence-electron chi connectivity index (χ3n) is 4.95. The molecule has 1 amide bonds. The van der Waals surface area contributed by atoms with Crippen LogP contribution in [-0.2, 0) is 4.79 Å². The molecule has 3 atom stereocenters. The molecule has 1 aromatic carbocycles. The maximum atomic E-state index is 13.4. The maximum Gasteiger partial charge on any atom is 0.225 e. The summed E-state index contributed by atoms with van der Waals surface area (Å²) in [5.41, 5.74) is 0. The number of nitrogens with zero attached hydrogens (tertiary/aromatic N) is 1. The number of hydrogen-bond acceptors (Lipinski definition) is 2. The smallest absolute Gasteiger partial charge is 0.225 e.